The lowest BCUT2D eigenvalue weighted by Gasteiger charge is -2.17. The van der Waals surface area contributed by atoms with E-state index in [1.807, 2.05) is 0 Å². The Labute approximate surface area is 103 Å². The first kappa shape index (κ1) is 11.0. The van der Waals surface area contributed by atoms with Crippen LogP contribution in [0.5, 0.6) is 0 Å². The van der Waals surface area contributed by atoms with Crippen LogP contribution in [0.15, 0.2) is 42.5 Å². The summed E-state index contributed by atoms with van der Waals surface area (Å²) in [5, 5.41) is 0. The molecule has 2 aliphatic rings. The second kappa shape index (κ2) is 5.05. The van der Waals surface area contributed by atoms with E-state index in [1.54, 1.807) is 0 Å². The van der Waals surface area contributed by atoms with Crippen molar-refractivity contribution in [2.24, 2.45) is 5.92 Å². The topological polar surface area (TPSA) is 12.5 Å². The first-order valence-corrected chi connectivity index (χ1v) is 6.82. The van der Waals surface area contributed by atoms with Gasteiger partial charge in [0.25, 0.3) is 0 Å². The van der Waals surface area contributed by atoms with Crippen LogP contribution in [0, 0.1) is 5.92 Å². The van der Waals surface area contributed by atoms with Gasteiger partial charge >= 0.3 is 0 Å². The zero-order valence-electron chi connectivity index (χ0n) is 10.2. The van der Waals surface area contributed by atoms with Crippen molar-refractivity contribution in [3.05, 3.63) is 48.0 Å². The molecule has 2 atom stereocenters. The van der Waals surface area contributed by atoms with Gasteiger partial charge in [0.2, 0.25) is 0 Å². The highest BCUT2D eigenvalue weighted by atomic mass is 16.6. The van der Waals surface area contributed by atoms with E-state index in [9.17, 15) is 0 Å². The highest BCUT2D eigenvalue weighted by Crippen LogP contribution is 2.40. The second-order valence-electron chi connectivity index (χ2n) is 5.21. The maximum atomic E-state index is 5.71. The van der Waals surface area contributed by atoms with Crippen molar-refractivity contribution in [1.82, 2.24) is 0 Å². The first-order chi connectivity index (χ1) is 8.43. The number of ether oxygens (including phenoxy) is 1. The van der Waals surface area contributed by atoms with Crippen LogP contribution >= 0.6 is 0 Å². The second-order valence-corrected chi connectivity index (χ2v) is 5.21. The summed E-state index contributed by atoms with van der Waals surface area (Å²) in [6.07, 6.45) is 12.3. The van der Waals surface area contributed by atoms with E-state index >= 15 is 0 Å². The average Bonchev–Trinajstić information content (AvgIpc) is 3.18. The summed E-state index contributed by atoms with van der Waals surface area (Å²) >= 11 is 0. The summed E-state index contributed by atoms with van der Waals surface area (Å²) < 4.78 is 5.71. The number of epoxide rings is 1. The summed E-state index contributed by atoms with van der Waals surface area (Å²) in [5.74, 6) is 0.810. The normalized spacial score (nSPS) is 29.6. The van der Waals surface area contributed by atoms with Crippen molar-refractivity contribution in [3.8, 4) is 0 Å². The Bertz CT molecular complexity index is 376. The maximum Gasteiger partial charge on any atom is 0.113 e. The Hall–Kier alpha value is -1.08. The third kappa shape index (κ3) is 2.78. The minimum Gasteiger partial charge on any atom is -0.360 e. The average molecular weight is 228 g/mol. The zero-order chi connectivity index (χ0) is 11.5. The monoisotopic (exact) mass is 228 g/mol. The molecular weight excluding hydrogens is 208 g/mol. The fraction of sp³-hybridized carbons (Fsp3) is 0.500. The van der Waals surface area contributed by atoms with Crippen LogP contribution in [0.4, 0.5) is 0 Å². The Balaban J connectivity index is 1.53. The van der Waals surface area contributed by atoms with Crippen molar-refractivity contribution in [1.29, 1.82) is 0 Å². The van der Waals surface area contributed by atoms with Crippen LogP contribution in [0.3, 0.4) is 0 Å². The molecule has 1 aliphatic heterocycles. The molecule has 3 rings (SSSR count). The third-order valence-electron chi connectivity index (χ3n) is 3.88. The van der Waals surface area contributed by atoms with E-state index in [2.05, 4.69) is 42.5 Å². The quantitative estimate of drug-likeness (QED) is 0.556. The molecule has 90 valence electrons. The number of hydrogen-bond donors (Lipinski definition) is 0. The van der Waals surface area contributed by atoms with Crippen molar-refractivity contribution in [3.63, 3.8) is 0 Å². The van der Waals surface area contributed by atoms with Crippen LogP contribution in [-0.4, -0.2) is 6.10 Å². The fourth-order valence-corrected chi connectivity index (χ4v) is 2.77. The van der Waals surface area contributed by atoms with Gasteiger partial charge in [0, 0.05) is 0 Å². The molecule has 1 aromatic rings. The summed E-state index contributed by atoms with van der Waals surface area (Å²) in [5.41, 5.74) is 1.31. The summed E-state index contributed by atoms with van der Waals surface area (Å²) in [6.45, 7) is 0. The summed E-state index contributed by atoms with van der Waals surface area (Å²) in [4.78, 5) is 0. The van der Waals surface area contributed by atoms with Gasteiger partial charge in [-0.15, -0.1) is 0 Å². The summed E-state index contributed by atoms with van der Waals surface area (Å²) in [7, 11) is 0. The zero-order valence-corrected chi connectivity index (χ0v) is 10.2. The van der Waals surface area contributed by atoms with E-state index in [0.29, 0.717) is 12.2 Å². The standard InChI is InChI=1S/C16H20O/c1-3-7-13(8-4-1)11-12-15-16(17-15)14-9-5-2-6-10-14/h2,5-6,9-13,15-16H,1,3-4,7-8H2/b12-11+/t15-,16-/m1/s1. The lowest BCUT2D eigenvalue weighted by atomic mass is 9.89. The van der Waals surface area contributed by atoms with Crippen LogP contribution in [0.25, 0.3) is 0 Å². The van der Waals surface area contributed by atoms with Gasteiger partial charge in [-0.3, -0.25) is 0 Å². The van der Waals surface area contributed by atoms with E-state index in [-0.39, 0.29) is 0 Å². The third-order valence-corrected chi connectivity index (χ3v) is 3.88. The lowest BCUT2D eigenvalue weighted by molar-refractivity contribution is 0.390. The highest BCUT2D eigenvalue weighted by Gasteiger charge is 2.37. The Morgan fingerprint density at radius 1 is 0.941 bits per heavy atom. The minimum absolute atomic E-state index is 0.316. The van der Waals surface area contributed by atoms with E-state index < -0.39 is 0 Å². The van der Waals surface area contributed by atoms with Gasteiger partial charge in [-0.05, 0) is 24.3 Å². The Morgan fingerprint density at radius 2 is 1.71 bits per heavy atom. The van der Waals surface area contributed by atoms with Crippen LogP contribution in [0.1, 0.15) is 43.8 Å². The molecule has 1 saturated heterocycles. The van der Waals surface area contributed by atoms with Crippen LogP contribution in [0.2, 0.25) is 0 Å². The van der Waals surface area contributed by atoms with Gasteiger partial charge < -0.3 is 4.74 Å². The number of benzene rings is 1. The predicted octanol–water partition coefficient (Wildman–Crippen LogP) is 4.26. The molecule has 0 unspecified atom stereocenters. The fourth-order valence-electron chi connectivity index (χ4n) is 2.77. The Kier molecular flexibility index (Phi) is 3.28. The molecule has 1 aliphatic carbocycles. The van der Waals surface area contributed by atoms with Gasteiger partial charge in [0.1, 0.15) is 12.2 Å². The molecule has 17 heavy (non-hydrogen) atoms. The molecule has 2 fully saturated rings. The van der Waals surface area contributed by atoms with Crippen molar-refractivity contribution >= 4 is 0 Å². The van der Waals surface area contributed by atoms with Gasteiger partial charge in [-0.25, -0.2) is 0 Å². The molecule has 1 nitrogen and oxygen atoms in total. The highest BCUT2D eigenvalue weighted by molar-refractivity contribution is 5.24. The van der Waals surface area contributed by atoms with Gasteiger partial charge in [-0.1, -0.05) is 61.7 Å². The molecule has 0 aromatic heterocycles. The number of allylic oxidation sites excluding steroid dienone is 1. The molecular formula is C16H20O. The van der Waals surface area contributed by atoms with Crippen LogP contribution < -0.4 is 0 Å². The SMILES string of the molecule is C(=C\[C@H]1O[C@@H]1c1ccccc1)/C1CCCCC1. The van der Waals surface area contributed by atoms with Crippen molar-refractivity contribution < 1.29 is 4.74 Å². The first-order valence-electron chi connectivity index (χ1n) is 6.82. The lowest BCUT2D eigenvalue weighted by Crippen LogP contribution is -2.02. The molecule has 0 bridgehead atoms. The van der Waals surface area contributed by atoms with E-state index in [0.717, 1.165) is 5.92 Å². The molecule has 1 heterocycles. The molecule has 0 amide bonds. The molecule has 0 spiro atoms. The number of hydrogen-bond acceptors (Lipinski definition) is 1. The van der Waals surface area contributed by atoms with Crippen molar-refractivity contribution in [2.75, 3.05) is 0 Å². The minimum atomic E-state index is 0.316. The van der Waals surface area contributed by atoms with E-state index in [1.165, 1.54) is 37.7 Å². The molecule has 1 aromatic carbocycles. The molecule has 0 N–H and O–H groups in total. The predicted molar refractivity (Wildman–Crippen MR) is 69.8 cm³/mol. The maximum absolute atomic E-state index is 5.71. The Morgan fingerprint density at radius 3 is 2.47 bits per heavy atom. The molecule has 1 heteroatoms. The molecule has 1 saturated carbocycles. The smallest absolute Gasteiger partial charge is 0.113 e. The van der Waals surface area contributed by atoms with Gasteiger partial charge in [-0.2, -0.15) is 0 Å². The number of rotatable bonds is 3. The van der Waals surface area contributed by atoms with E-state index in [4.69, 9.17) is 4.74 Å². The van der Waals surface area contributed by atoms with Crippen molar-refractivity contribution in [2.45, 2.75) is 44.3 Å². The van der Waals surface area contributed by atoms with Crippen LogP contribution in [-0.2, 0) is 4.74 Å². The largest absolute Gasteiger partial charge is 0.360 e. The van der Waals surface area contributed by atoms with Gasteiger partial charge in [0.15, 0.2) is 0 Å². The van der Waals surface area contributed by atoms with Gasteiger partial charge in [0.05, 0.1) is 0 Å². The summed E-state index contributed by atoms with van der Waals surface area (Å²) in [6, 6.07) is 10.5. The molecule has 0 radical (unpaired) electrons.